The van der Waals surface area contributed by atoms with Crippen molar-refractivity contribution in [2.45, 2.75) is 39.4 Å². The number of thiophene rings is 1. The van der Waals surface area contributed by atoms with Crippen LogP contribution in [0, 0.1) is 0 Å². The Labute approximate surface area is 169 Å². The quantitative estimate of drug-likeness (QED) is 0.697. The van der Waals surface area contributed by atoms with Crippen LogP contribution < -0.4 is 11.1 Å². The first kappa shape index (κ1) is 20.5. The van der Waals surface area contributed by atoms with Crippen LogP contribution in [0.3, 0.4) is 0 Å². The highest BCUT2D eigenvalue weighted by molar-refractivity contribution is 7.14. The van der Waals surface area contributed by atoms with E-state index in [0.29, 0.717) is 29.6 Å². The maximum absolute atomic E-state index is 12.3. The van der Waals surface area contributed by atoms with Gasteiger partial charge in [0.15, 0.2) is 0 Å². The number of nitrogens with two attached hydrogens (primary N) is 1. The molecule has 1 aliphatic rings. The van der Waals surface area contributed by atoms with Crippen molar-refractivity contribution >= 4 is 28.2 Å². The van der Waals surface area contributed by atoms with E-state index in [9.17, 15) is 9.59 Å². The molecule has 2 aromatic heterocycles. The number of aryl methyl sites for hydroxylation is 1. The maximum Gasteiger partial charge on any atom is 0.251 e. The lowest BCUT2D eigenvalue weighted by Crippen LogP contribution is -2.52. The van der Waals surface area contributed by atoms with Gasteiger partial charge in [0.25, 0.3) is 5.91 Å². The summed E-state index contributed by atoms with van der Waals surface area (Å²) in [5.74, 6) is 0.485. The highest BCUT2D eigenvalue weighted by Gasteiger charge is 2.25. The van der Waals surface area contributed by atoms with E-state index in [1.54, 1.807) is 11.4 Å². The number of nitrogens with one attached hydrogen (secondary N) is 1. The minimum absolute atomic E-state index is 0.0926. The van der Waals surface area contributed by atoms with Gasteiger partial charge >= 0.3 is 0 Å². The van der Waals surface area contributed by atoms with Gasteiger partial charge in [-0.1, -0.05) is 0 Å². The molecule has 3 rings (SSSR count). The van der Waals surface area contributed by atoms with E-state index in [1.165, 1.54) is 11.3 Å². The van der Waals surface area contributed by atoms with Gasteiger partial charge in [0.05, 0.1) is 12.1 Å². The first-order chi connectivity index (χ1) is 13.5. The van der Waals surface area contributed by atoms with Crippen LogP contribution >= 0.6 is 11.3 Å². The lowest BCUT2D eigenvalue weighted by Gasteiger charge is -2.39. The van der Waals surface area contributed by atoms with Gasteiger partial charge in [-0.2, -0.15) is 0 Å². The number of piperazine rings is 1. The smallest absolute Gasteiger partial charge is 0.251 e. The fourth-order valence-corrected chi connectivity index (χ4v) is 4.33. The number of carbonyl (C=O) groups is 2. The van der Waals surface area contributed by atoms with Crippen LogP contribution in [0.25, 0.3) is 0 Å². The van der Waals surface area contributed by atoms with Gasteiger partial charge in [-0.3, -0.25) is 14.5 Å². The topological polar surface area (TPSA) is 96.5 Å². The molecule has 1 aliphatic heterocycles. The van der Waals surface area contributed by atoms with Gasteiger partial charge in [0.1, 0.15) is 10.8 Å². The Kier molecular flexibility index (Phi) is 6.82. The maximum atomic E-state index is 12.3. The summed E-state index contributed by atoms with van der Waals surface area (Å²) in [6, 6.07) is 2.03. The lowest BCUT2D eigenvalue weighted by atomic mass is 10.1. The number of rotatable bonds is 8. The largest absolute Gasteiger partial charge is 0.366 e. The summed E-state index contributed by atoms with van der Waals surface area (Å²) < 4.78 is 2.17. The average Bonchev–Trinajstić information content (AvgIpc) is 3.31. The molecule has 1 saturated heterocycles. The molecule has 0 unspecified atom stereocenters. The monoisotopic (exact) mass is 404 g/mol. The van der Waals surface area contributed by atoms with Crippen LogP contribution in [-0.2, 0) is 17.9 Å². The average molecular weight is 405 g/mol. The van der Waals surface area contributed by atoms with Crippen molar-refractivity contribution in [1.29, 1.82) is 0 Å². The van der Waals surface area contributed by atoms with Crippen molar-refractivity contribution in [3.63, 3.8) is 0 Å². The zero-order valence-electron chi connectivity index (χ0n) is 16.4. The third-order valence-corrected chi connectivity index (χ3v) is 6.00. The Bertz CT molecular complexity index is 817. The Hall–Kier alpha value is -2.23. The van der Waals surface area contributed by atoms with Crippen molar-refractivity contribution in [2.75, 3.05) is 31.5 Å². The highest BCUT2D eigenvalue weighted by atomic mass is 32.1. The Morgan fingerprint density at radius 1 is 1.39 bits per heavy atom. The van der Waals surface area contributed by atoms with Crippen LogP contribution in [0.4, 0.5) is 5.00 Å². The second kappa shape index (κ2) is 9.31. The normalized spacial score (nSPS) is 18.3. The number of primary amides is 1. The van der Waals surface area contributed by atoms with Crippen molar-refractivity contribution in [2.24, 2.45) is 5.73 Å². The minimum Gasteiger partial charge on any atom is -0.366 e. The summed E-state index contributed by atoms with van der Waals surface area (Å²) in [7, 11) is 0. The Morgan fingerprint density at radius 3 is 2.93 bits per heavy atom. The Morgan fingerprint density at radius 2 is 2.21 bits per heavy atom. The summed E-state index contributed by atoms with van der Waals surface area (Å²) >= 11 is 1.31. The van der Waals surface area contributed by atoms with Crippen LogP contribution in [0.2, 0.25) is 0 Å². The van der Waals surface area contributed by atoms with Gasteiger partial charge in [0.2, 0.25) is 5.91 Å². The van der Waals surface area contributed by atoms with Crippen molar-refractivity contribution in [3.8, 4) is 0 Å². The van der Waals surface area contributed by atoms with Crippen LogP contribution in [0.1, 0.15) is 36.5 Å². The molecule has 3 heterocycles. The van der Waals surface area contributed by atoms with E-state index < -0.39 is 5.91 Å². The summed E-state index contributed by atoms with van der Waals surface area (Å²) in [5, 5.41) is 5.08. The molecule has 0 aliphatic carbocycles. The molecule has 0 aromatic carbocycles. The van der Waals surface area contributed by atoms with Gasteiger partial charge in [-0.15, -0.1) is 11.3 Å². The first-order valence-corrected chi connectivity index (χ1v) is 10.5. The minimum atomic E-state index is -0.523. The molecule has 2 amide bonds. The van der Waals surface area contributed by atoms with Crippen molar-refractivity contribution < 1.29 is 9.59 Å². The molecular formula is C19H28N6O2S. The molecule has 0 saturated carbocycles. The summed E-state index contributed by atoms with van der Waals surface area (Å²) in [5.41, 5.74) is 5.68. The van der Waals surface area contributed by atoms with Crippen LogP contribution in [0.15, 0.2) is 23.8 Å². The molecule has 0 radical (unpaired) electrons. The predicted molar refractivity (Wildman–Crippen MR) is 110 cm³/mol. The number of nitrogens with zero attached hydrogens (tertiary/aromatic N) is 4. The van der Waals surface area contributed by atoms with E-state index in [-0.39, 0.29) is 5.91 Å². The first-order valence-electron chi connectivity index (χ1n) is 9.61. The molecule has 0 spiro atoms. The van der Waals surface area contributed by atoms with E-state index in [0.717, 1.165) is 38.5 Å². The molecule has 1 atom stereocenters. The molecule has 2 aromatic rings. The number of amides is 2. The van der Waals surface area contributed by atoms with Crippen LogP contribution in [-0.4, -0.2) is 63.4 Å². The zero-order valence-corrected chi connectivity index (χ0v) is 17.2. The fraction of sp³-hybridized carbons (Fsp3) is 0.526. The predicted octanol–water partition coefficient (Wildman–Crippen LogP) is 1.60. The van der Waals surface area contributed by atoms with Crippen LogP contribution in [0.5, 0.6) is 0 Å². The van der Waals surface area contributed by atoms with E-state index in [4.69, 9.17) is 5.73 Å². The SMILES string of the molecule is CCn1ccnc1CN1CCN(CCC(=O)Nc2sccc2C(N)=O)C[C@H]1C. The number of aromatic nitrogens is 2. The number of imidazole rings is 1. The van der Waals surface area contributed by atoms with Gasteiger partial charge < -0.3 is 20.5 Å². The number of hydrogen-bond acceptors (Lipinski definition) is 6. The summed E-state index contributed by atoms with van der Waals surface area (Å²) in [4.78, 5) is 32.8. The number of carbonyl (C=O) groups excluding carboxylic acids is 2. The third-order valence-electron chi connectivity index (χ3n) is 5.17. The van der Waals surface area contributed by atoms with Gasteiger partial charge in [-0.05, 0) is 25.3 Å². The third kappa shape index (κ3) is 4.98. The zero-order chi connectivity index (χ0) is 20.1. The molecule has 1 fully saturated rings. The van der Waals surface area contributed by atoms with E-state index >= 15 is 0 Å². The second-order valence-corrected chi connectivity index (χ2v) is 7.99. The van der Waals surface area contributed by atoms with Gasteiger partial charge in [-0.25, -0.2) is 4.98 Å². The molecule has 152 valence electrons. The second-order valence-electron chi connectivity index (χ2n) is 7.08. The molecule has 8 nitrogen and oxygen atoms in total. The molecule has 3 N–H and O–H groups in total. The lowest BCUT2D eigenvalue weighted by molar-refractivity contribution is -0.116. The van der Waals surface area contributed by atoms with Crippen molar-refractivity contribution in [3.05, 3.63) is 35.2 Å². The molecular weight excluding hydrogens is 376 g/mol. The van der Waals surface area contributed by atoms with E-state index in [1.807, 2.05) is 12.4 Å². The molecule has 9 heteroatoms. The van der Waals surface area contributed by atoms with Gasteiger partial charge in [0, 0.05) is 57.6 Å². The highest BCUT2D eigenvalue weighted by Crippen LogP contribution is 2.23. The number of anilines is 1. The van der Waals surface area contributed by atoms with Crippen molar-refractivity contribution in [1.82, 2.24) is 19.4 Å². The molecule has 28 heavy (non-hydrogen) atoms. The van der Waals surface area contributed by atoms with E-state index in [2.05, 4.69) is 38.5 Å². The standard InChI is InChI=1S/C19H28N6O2S/c1-3-24-8-6-21-16(24)13-25-10-9-23(12-14(25)2)7-4-17(26)22-19-15(18(20)27)5-11-28-19/h5-6,8,11,14H,3-4,7,9-10,12-13H2,1-2H3,(H2,20,27)(H,22,26)/t14-/m1/s1. The number of hydrogen-bond donors (Lipinski definition) is 2. The summed E-state index contributed by atoms with van der Waals surface area (Å²) in [6.45, 7) is 9.63. The summed E-state index contributed by atoms with van der Waals surface area (Å²) in [6.07, 6.45) is 4.27. The molecule has 0 bridgehead atoms. The Balaban J connectivity index is 1.45. The fourth-order valence-electron chi connectivity index (χ4n) is 3.52.